The number of unbranched alkanes of at least 4 members (excludes halogenated alkanes) is 1. The number of amides is 1. The molecule has 5 N–H and O–H groups in total. The molecule has 4 rings (SSSR count). The van der Waals surface area contributed by atoms with E-state index in [0.717, 1.165) is 30.4 Å². The van der Waals surface area contributed by atoms with Gasteiger partial charge in [0, 0.05) is 23.5 Å². The van der Waals surface area contributed by atoms with Crippen molar-refractivity contribution >= 4 is 17.4 Å². The molecule has 3 aromatic carbocycles. The van der Waals surface area contributed by atoms with Crippen LogP contribution in [0.15, 0.2) is 97.2 Å². The summed E-state index contributed by atoms with van der Waals surface area (Å²) >= 11 is 0. The number of nitrogens with zero attached hydrogens (tertiary/aromatic N) is 1. The lowest BCUT2D eigenvalue weighted by molar-refractivity contribution is 0.0162. The third-order valence-corrected chi connectivity index (χ3v) is 6.36. The first-order chi connectivity index (χ1) is 18.0. The zero-order chi connectivity index (χ0) is 26.0. The van der Waals surface area contributed by atoms with E-state index in [9.17, 15) is 4.79 Å². The second-order valence-corrected chi connectivity index (χ2v) is 9.13. The van der Waals surface area contributed by atoms with Gasteiger partial charge in [-0.1, -0.05) is 86.5 Å². The molecule has 2 unspecified atom stereocenters. The summed E-state index contributed by atoms with van der Waals surface area (Å²) < 4.78 is 6.34. The second-order valence-electron chi connectivity index (χ2n) is 9.13. The molecule has 0 fully saturated rings. The molecule has 2 atom stereocenters. The fourth-order valence-electron chi connectivity index (χ4n) is 4.20. The lowest BCUT2D eigenvalue weighted by Gasteiger charge is -2.25. The van der Waals surface area contributed by atoms with E-state index in [1.807, 2.05) is 30.3 Å². The van der Waals surface area contributed by atoms with E-state index in [1.54, 1.807) is 30.5 Å². The number of nitrogens with two attached hydrogens (primary N) is 2. The molecule has 1 heterocycles. The Morgan fingerprint density at radius 2 is 1.65 bits per heavy atom. The molecule has 1 amide bonds. The van der Waals surface area contributed by atoms with Crippen molar-refractivity contribution in [2.45, 2.75) is 44.9 Å². The fraction of sp³-hybridized carbons (Fsp3) is 0.226. The minimum absolute atomic E-state index is 0.131. The summed E-state index contributed by atoms with van der Waals surface area (Å²) in [5.74, 6) is 0.132. The largest absolute Gasteiger partial charge is 0.384 e. The average molecular weight is 495 g/mol. The molecule has 4 aromatic rings. The van der Waals surface area contributed by atoms with Crippen LogP contribution in [0.25, 0.3) is 11.1 Å². The highest BCUT2D eigenvalue weighted by Crippen LogP contribution is 2.24. The number of ether oxygens (including phenoxy) is 1. The Kier molecular flexibility index (Phi) is 9.03. The molecule has 0 bridgehead atoms. The van der Waals surface area contributed by atoms with Gasteiger partial charge in [0.25, 0.3) is 5.91 Å². The molecule has 0 radical (unpaired) electrons. The van der Waals surface area contributed by atoms with E-state index in [2.05, 4.69) is 53.6 Å². The van der Waals surface area contributed by atoms with Crippen molar-refractivity contribution in [2.24, 2.45) is 5.73 Å². The van der Waals surface area contributed by atoms with Crippen LogP contribution in [0, 0.1) is 0 Å². The summed E-state index contributed by atoms with van der Waals surface area (Å²) in [5, 5.41) is 2.84. The molecular formula is C31H34N4O2. The zero-order valence-electron chi connectivity index (χ0n) is 21.1. The zero-order valence-corrected chi connectivity index (χ0v) is 21.1. The topological polar surface area (TPSA) is 103 Å². The molecule has 0 saturated carbocycles. The maximum Gasteiger partial charge on any atom is 0.255 e. The summed E-state index contributed by atoms with van der Waals surface area (Å²) in [6.07, 6.45) is 4.39. The van der Waals surface area contributed by atoms with Crippen LogP contribution in [0.1, 0.15) is 53.7 Å². The monoisotopic (exact) mass is 494 g/mol. The predicted octanol–water partition coefficient (Wildman–Crippen LogP) is 6.36. The Bertz CT molecular complexity index is 1270. The third-order valence-electron chi connectivity index (χ3n) is 6.36. The van der Waals surface area contributed by atoms with Crippen LogP contribution in [0.4, 0.5) is 11.5 Å². The van der Waals surface area contributed by atoms with Crippen LogP contribution in [-0.2, 0) is 11.3 Å². The van der Waals surface area contributed by atoms with Gasteiger partial charge in [-0.15, -0.1) is 0 Å². The van der Waals surface area contributed by atoms with Gasteiger partial charge in [0.15, 0.2) is 0 Å². The number of pyridine rings is 1. The normalized spacial score (nSPS) is 12.6. The number of hydrogen-bond donors (Lipinski definition) is 3. The van der Waals surface area contributed by atoms with E-state index in [1.165, 1.54) is 11.1 Å². The number of anilines is 2. The summed E-state index contributed by atoms with van der Waals surface area (Å²) in [5.41, 5.74) is 17.9. The van der Waals surface area contributed by atoms with Crippen LogP contribution in [0.2, 0.25) is 0 Å². The summed E-state index contributed by atoms with van der Waals surface area (Å²) in [6.45, 7) is 2.65. The summed E-state index contributed by atoms with van der Waals surface area (Å²) in [4.78, 5) is 16.6. The smallest absolute Gasteiger partial charge is 0.255 e. The number of nitrogen functional groups attached to an aromatic ring is 1. The Morgan fingerprint density at radius 1 is 0.946 bits per heavy atom. The lowest BCUT2D eigenvalue weighted by atomic mass is 9.97. The van der Waals surface area contributed by atoms with Crippen molar-refractivity contribution in [3.63, 3.8) is 0 Å². The van der Waals surface area contributed by atoms with Crippen molar-refractivity contribution in [1.82, 2.24) is 4.98 Å². The van der Waals surface area contributed by atoms with E-state index in [4.69, 9.17) is 16.2 Å². The fourth-order valence-corrected chi connectivity index (χ4v) is 4.20. The number of hydrogen-bond acceptors (Lipinski definition) is 5. The molecule has 6 nitrogen and oxygen atoms in total. The highest BCUT2D eigenvalue weighted by atomic mass is 16.5. The highest BCUT2D eigenvalue weighted by molar-refractivity contribution is 6.04. The molecule has 6 heteroatoms. The number of benzene rings is 3. The number of carbonyl (C=O) groups is 1. The maximum absolute atomic E-state index is 12.6. The van der Waals surface area contributed by atoms with Gasteiger partial charge in [-0.25, -0.2) is 4.98 Å². The van der Waals surface area contributed by atoms with Crippen LogP contribution >= 0.6 is 0 Å². The second kappa shape index (κ2) is 12.8. The molecule has 0 aliphatic carbocycles. The molecule has 37 heavy (non-hydrogen) atoms. The van der Waals surface area contributed by atoms with Crippen molar-refractivity contribution in [3.8, 4) is 11.1 Å². The van der Waals surface area contributed by atoms with Crippen LogP contribution in [-0.4, -0.2) is 17.0 Å². The molecule has 0 aliphatic heterocycles. The number of carbonyl (C=O) groups excluding carboxylic acids is 1. The molecule has 190 valence electrons. The van der Waals surface area contributed by atoms with Gasteiger partial charge in [0.1, 0.15) is 5.82 Å². The number of aromatic nitrogens is 1. The van der Waals surface area contributed by atoms with Crippen LogP contribution in [0.5, 0.6) is 0 Å². The predicted molar refractivity (Wildman–Crippen MR) is 150 cm³/mol. The standard InChI is InChI=1S/C31H34N4O2/c1-2-3-9-28(37-21-22-10-12-24(13-11-22)23-7-5-4-6-8-23)30(33)25-14-16-26(17-15-25)31(36)35-27-18-19-34-29(32)20-27/h4-8,10-20,28,30H,2-3,9,21,33H2,1H3,(H3,32,34,35,36). The number of rotatable bonds is 11. The quantitative estimate of drug-likeness (QED) is 0.225. The molecule has 0 saturated heterocycles. The maximum atomic E-state index is 12.6. The van der Waals surface area contributed by atoms with Crippen LogP contribution < -0.4 is 16.8 Å². The van der Waals surface area contributed by atoms with E-state index >= 15 is 0 Å². The van der Waals surface area contributed by atoms with Crippen LogP contribution in [0.3, 0.4) is 0 Å². The third kappa shape index (κ3) is 7.26. The van der Waals surface area contributed by atoms with Crippen molar-refractivity contribution in [2.75, 3.05) is 11.1 Å². The van der Waals surface area contributed by atoms with Gasteiger partial charge < -0.3 is 21.5 Å². The SMILES string of the molecule is CCCCC(OCc1ccc(-c2ccccc2)cc1)C(N)c1ccc(C(=O)Nc2ccnc(N)c2)cc1. The molecule has 0 spiro atoms. The first kappa shape index (κ1) is 26.1. The number of nitrogens with one attached hydrogen (secondary N) is 1. The summed E-state index contributed by atoms with van der Waals surface area (Å²) in [7, 11) is 0. The van der Waals surface area contributed by atoms with E-state index < -0.39 is 0 Å². The average Bonchev–Trinajstić information content (AvgIpc) is 2.93. The minimum atomic E-state index is -0.299. The first-order valence-corrected chi connectivity index (χ1v) is 12.7. The van der Waals surface area contributed by atoms with Gasteiger partial charge in [-0.2, -0.15) is 0 Å². The van der Waals surface area contributed by atoms with Crippen molar-refractivity contribution in [1.29, 1.82) is 0 Å². The Balaban J connectivity index is 1.39. The van der Waals surface area contributed by atoms with Gasteiger partial charge in [0.05, 0.1) is 18.8 Å². The highest BCUT2D eigenvalue weighted by Gasteiger charge is 2.20. The lowest BCUT2D eigenvalue weighted by Crippen LogP contribution is -2.29. The molecular weight excluding hydrogens is 460 g/mol. The van der Waals surface area contributed by atoms with E-state index in [0.29, 0.717) is 23.7 Å². The molecule has 1 aromatic heterocycles. The van der Waals surface area contributed by atoms with Gasteiger partial charge in [-0.05, 0) is 46.9 Å². The minimum Gasteiger partial charge on any atom is -0.384 e. The van der Waals surface area contributed by atoms with Gasteiger partial charge in [0.2, 0.25) is 0 Å². The Hall–Kier alpha value is -4.00. The summed E-state index contributed by atoms with van der Waals surface area (Å²) in [6, 6.07) is 29.2. The first-order valence-electron chi connectivity index (χ1n) is 12.7. The Morgan fingerprint density at radius 3 is 2.32 bits per heavy atom. The van der Waals surface area contributed by atoms with Crippen molar-refractivity contribution in [3.05, 3.63) is 114 Å². The molecule has 0 aliphatic rings. The van der Waals surface area contributed by atoms with Gasteiger partial charge in [-0.3, -0.25) is 4.79 Å². The van der Waals surface area contributed by atoms with Gasteiger partial charge >= 0.3 is 0 Å². The Labute approximate surface area is 218 Å². The van der Waals surface area contributed by atoms with Crippen molar-refractivity contribution < 1.29 is 9.53 Å². The van der Waals surface area contributed by atoms with E-state index in [-0.39, 0.29) is 18.1 Å².